The van der Waals surface area contributed by atoms with E-state index in [0.29, 0.717) is 45.7 Å². The molecule has 5 nitrogen and oxygen atoms in total. The van der Waals surface area contributed by atoms with Gasteiger partial charge in [0.1, 0.15) is 0 Å². The van der Waals surface area contributed by atoms with Gasteiger partial charge in [0.2, 0.25) is 5.91 Å². The fraction of sp³-hybridized carbons (Fsp3) is 0.917. The molecule has 17 heavy (non-hydrogen) atoms. The Kier molecular flexibility index (Phi) is 5.88. The van der Waals surface area contributed by atoms with Crippen LogP contribution in [0.3, 0.4) is 0 Å². The molecule has 0 aliphatic carbocycles. The van der Waals surface area contributed by atoms with Crippen molar-refractivity contribution in [1.29, 1.82) is 0 Å². The maximum absolute atomic E-state index is 11.5. The van der Waals surface area contributed by atoms with Crippen LogP contribution in [0.1, 0.15) is 26.2 Å². The average molecular weight is 244 g/mol. The van der Waals surface area contributed by atoms with Crippen LogP contribution < -0.4 is 5.32 Å². The molecule has 1 aliphatic heterocycles. The number of likely N-dealkylation sites (N-methyl/N-ethyl adjacent to an activating group) is 1. The number of ether oxygens (including phenoxy) is 1. The van der Waals surface area contributed by atoms with Gasteiger partial charge in [-0.25, -0.2) is 0 Å². The molecule has 0 radical (unpaired) electrons. The first kappa shape index (κ1) is 14.4. The second-order valence-corrected chi connectivity index (χ2v) is 4.86. The van der Waals surface area contributed by atoms with Crippen LogP contribution in [0.15, 0.2) is 0 Å². The van der Waals surface area contributed by atoms with Gasteiger partial charge in [0.05, 0.1) is 12.1 Å². The third-order valence-corrected chi connectivity index (χ3v) is 2.97. The van der Waals surface area contributed by atoms with E-state index in [2.05, 4.69) is 5.32 Å². The van der Waals surface area contributed by atoms with Gasteiger partial charge in [-0.2, -0.15) is 0 Å². The quantitative estimate of drug-likeness (QED) is 0.689. The maximum Gasteiger partial charge on any atom is 0.234 e. The summed E-state index contributed by atoms with van der Waals surface area (Å²) in [5.74, 6) is 0.0185. The van der Waals surface area contributed by atoms with Crippen LogP contribution in [-0.4, -0.2) is 61.4 Å². The molecule has 5 heteroatoms. The second-order valence-electron chi connectivity index (χ2n) is 4.86. The highest BCUT2D eigenvalue weighted by Crippen LogP contribution is 2.20. The van der Waals surface area contributed by atoms with Crippen molar-refractivity contribution >= 4 is 5.91 Å². The minimum absolute atomic E-state index is 0.0185. The van der Waals surface area contributed by atoms with Gasteiger partial charge in [-0.1, -0.05) is 6.92 Å². The minimum Gasteiger partial charge on any atom is -0.388 e. The molecule has 1 rings (SSSR count). The molecule has 0 aromatic heterocycles. The molecular formula is C12H24N2O3. The molecular weight excluding hydrogens is 220 g/mol. The summed E-state index contributed by atoms with van der Waals surface area (Å²) in [5.41, 5.74) is -0.696. The van der Waals surface area contributed by atoms with Crippen LogP contribution >= 0.6 is 0 Å². The summed E-state index contributed by atoms with van der Waals surface area (Å²) in [6, 6.07) is 0. The lowest BCUT2D eigenvalue weighted by molar-refractivity contribution is -0.123. The van der Waals surface area contributed by atoms with Crippen molar-refractivity contribution in [2.45, 2.75) is 31.8 Å². The normalized spacial score (nSPS) is 19.3. The van der Waals surface area contributed by atoms with E-state index >= 15 is 0 Å². The van der Waals surface area contributed by atoms with E-state index in [1.165, 1.54) is 0 Å². The zero-order chi connectivity index (χ0) is 12.7. The number of aliphatic hydroxyl groups is 1. The Morgan fingerprint density at radius 3 is 2.71 bits per heavy atom. The van der Waals surface area contributed by atoms with Gasteiger partial charge in [0, 0.05) is 39.1 Å². The Balaban J connectivity index is 2.27. The van der Waals surface area contributed by atoms with Crippen molar-refractivity contribution in [3.05, 3.63) is 0 Å². The molecule has 0 atom stereocenters. The number of rotatable bonds is 6. The number of amides is 1. The monoisotopic (exact) mass is 244 g/mol. The highest BCUT2D eigenvalue weighted by atomic mass is 16.5. The fourth-order valence-electron chi connectivity index (χ4n) is 2.03. The molecule has 0 aromatic rings. The lowest BCUT2D eigenvalue weighted by Crippen LogP contribution is -2.48. The van der Waals surface area contributed by atoms with Crippen molar-refractivity contribution in [2.24, 2.45) is 0 Å². The van der Waals surface area contributed by atoms with E-state index in [4.69, 9.17) is 4.74 Å². The summed E-state index contributed by atoms with van der Waals surface area (Å²) >= 11 is 0. The van der Waals surface area contributed by atoms with E-state index in [1.54, 1.807) is 0 Å². The molecule has 2 N–H and O–H groups in total. The van der Waals surface area contributed by atoms with E-state index in [0.717, 1.165) is 6.42 Å². The van der Waals surface area contributed by atoms with Gasteiger partial charge in [-0.05, 0) is 13.5 Å². The summed E-state index contributed by atoms with van der Waals surface area (Å²) in [7, 11) is 1.86. The molecule has 0 saturated carbocycles. The smallest absolute Gasteiger partial charge is 0.234 e. The van der Waals surface area contributed by atoms with Gasteiger partial charge in [-0.3, -0.25) is 9.69 Å². The summed E-state index contributed by atoms with van der Waals surface area (Å²) in [5, 5.41) is 13.1. The van der Waals surface area contributed by atoms with Crippen molar-refractivity contribution in [3.63, 3.8) is 0 Å². The Bertz CT molecular complexity index is 240. The first-order valence-electron chi connectivity index (χ1n) is 6.31. The summed E-state index contributed by atoms with van der Waals surface area (Å²) < 4.78 is 5.22. The molecule has 0 spiro atoms. The third kappa shape index (κ3) is 5.48. The van der Waals surface area contributed by atoms with Crippen molar-refractivity contribution in [3.8, 4) is 0 Å². The Hall–Kier alpha value is -0.650. The first-order chi connectivity index (χ1) is 8.06. The van der Waals surface area contributed by atoms with Crippen LogP contribution in [0.25, 0.3) is 0 Å². The predicted molar refractivity (Wildman–Crippen MR) is 65.8 cm³/mol. The Labute approximate surface area is 103 Å². The number of carbonyl (C=O) groups excluding carboxylic acids is 1. The molecule has 1 fully saturated rings. The number of carbonyl (C=O) groups is 1. The van der Waals surface area contributed by atoms with Gasteiger partial charge in [-0.15, -0.1) is 0 Å². The average Bonchev–Trinajstić information content (AvgIpc) is 2.26. The molecule has 0 aromatic carbocycles. The zero-order valence-electron chi connectivity index (χ0n) is 10.9. The standard InChI is InChI=1S/C12H24N2O3/c1-3-6-13-11(15)9-14(2)10-12(16)4-7-17-8-5-12/h16H,3-10H2,1-2H3,(H,13,15). The largest absolute Gasteiger partial charge is 0.388 e. The van der Waals surface area contributed by atoms with E-state index in [9.17, 15) is 9.90 Å². The fourth-order valence-corrected chi connectivity index (χ4v) is 2.03. The van der Waals surface area contributed by atoms with Crippen LogP contribution in [0.2, 0.25) is 0 Å². The van der Waals surface area contributed by atoms with Gasteiger partial charge in [0.15, 0.2) is 0 Å². The maximum atomic E-state index is 11.5. The summed E-state index contributed by atoms with van der Waals surface area (Å²) in [4.78, 5) is 13.4. The zero-order valence-corrected chi connectivity index (χ0v) is 10.9. The lowest BCUT2D eigenvalue weighted by Gasteiger charge is -2.35. The van der Waals surface area contributed by atoms with Gasteiger partial charge >= 0.3 is 0 Å². The van der Waals surface area contributed by atoms with Gasteiger partial charge in [0.25, 0.3) is 0 Å². The molecule has 1 saturated heterocycles. The second kappa shape index (κ2) is 6.93. The first-order valence-corrected chi connectivity index (χ1v) is 6.31. The number of hydrogen-bond donors (Lipinski definition) is 2. The molecule has 0 bridgehead atoms. The van der Waals surface area contributed by atoms with Crippen molar-refractivity contribution in [2.75, 3.05) is 39.9 Å². The van der Waals surface area contributed by atoms with Crippen LogP contribution in [0.4, 0.5) is 0 Å². The molecule has 100 valence electrons. The number of nitrogens with zero attached hydrogens (tertiary/aromatic N) is 1. The Morgan fingerprint density at radius 2 is 2.12 bits per heavy atom. The minimum atomic E-state index is -0.696. The highest BCUT2D eigenvalue weighted by molar-refractivity contribution is 5.77. The predicted octanol–water partition coefficient (Wildman–Crippen LogP) is -0.0141. The summed E-state index contributed by atoms with van der Waals surface area (Å²) in [6.45, 7) is 4.80. The number of nitrogens with one attached hydrogen (secondary N) is 1. The highest BCUT2D eigenvalue weighted by Gasteiger charge is 2.31. The van der Waals surface area contributed by atoms with Crippen LogP contribution in [-0.2, 0) is 9.53 Å². The summed E-state index contributed by atoms with van der Waals surface area (Å²) in [6.07, 6.45) is 2.23. The van der Waals surface area contributed by atoms with E-state index < -0.39 is 5.60 Å². The van der Waals surface area contributed by atoms with E-state index in [1.807, 2.05) is 18.9 Å². The van der Waals surface area contributed by atoms with Crippen molar-refractivity contribution < 1.29 is 14.6 Å². The molecule has 1 aliphatic rings. The van der Waals surface area contributed by atoms with Crippen LogP contribution in [0.5, 0.6) is 0 Å². The lowest BCUT2D eigenvalue weighted by atomic mass is 9.94. The van der Waals surface area contributed by atoms with Crippen molar-refractivity contribution in [1.82, 2.24) is 10.2 Å². The van der Waals surface area contributed by atoms with E-state index in [-0.39, 0.29) is 5.91 Å². The Morgan fingerprint density at radius 1 is 1.47 bits per heavy atom. The number of hydrogen-bond acceptors (Lipinski definition) is 4. The topological polar surface area (TPSA) is 61.8 Å². The third-order valence-electron chi connectivity index (χ3n) is 2.97. The van der Waals surface area contributed by atoms with Gasteiger partial charge < -0.3 is 15.2 Å². The molecule has 1 amide bonds. The molecule has 0 unspecified atom stereocenters. The SMILES string of the molecule is CCCNC(=O)CN(C)CC1(O)CCOCC1. The van der Waals surface area contributed by atoms with Crippen LogP contribution in [0, 0.1) is 0 Å². The molecule has 1 heterocycles.